The van der Waals surface area contributed by atoms with Gasteiger partial charge in [-0.1, -0.05) is 18.2 Å². The summed E-state index contributed by atoms with van der Waals surface area (Å²) in [6.07, 6.45) is 3.36. The molecule has 0 radical (unpaired) electrons. The third-order valence-electron chi connectivity index (χ3n) is 2.17. The van der Waals surface area contributed by atoms with Gasteiger partial charge in [0.25, 0.3) is 0 Å². The van der Waals surface area contributed by atoms with Crippen molar-refractivity contribution in [3.63, 3.8) is 0 Å². The molecule has 0 fully saturated rings. The van der Waals surface area contributed by atoms with Crippen LogP contribution in [0.15, 0.2) is 24.3 Å². The van der Waals surface area contributed by atoms with Crippen LogP contribution >= 0.6 is 0 Å². The van der Waals surface area contributed by atoms with E-state index < -0.39 is 0 Å². The fraction of sp³-hybridized carbons (Fsp3) is 0.300. The topological polar surface area (TPSA) is 3.01 Å². The molecule has 0 bridgehead atoms. The van der Waals surface area contributed by atoms with Crippen LogP contribution in [0.4, 0.5) is 5.69 Å². The van der Waals surface area contributed by atoms with Crippen LogP contribution in [0.1, 0.15) is 12.5 Å². The van der Waals surface area contributed by atoms with Crippen molar-refractivity contribution in [2.24, 2.45) is 0 Å². The van der Waals surface area contributed by atoms with Crippen LogP contribution < -0.4 is 12.4 Å². The van der Waals surface area contributed by atoms with E-state index in [1.807, 2.05) is 0 Å². The lowest BCUT2D eigenvalue weighted by Gasteiger charge is -1.94. The maximum atomic E-state index is 2.30. The first kappa shape index (κ1) is 9.27. The molecule has 2 rings (SSSR count). The largest absolute Gasteiger partial charge is 1.00 e. The van der Waals surface area contributed by atoms with Crippen LogP contribution in [0.3, 0.4) is 0 Å². The van der Waals surface area contributed by atoms with E-state index in [2.05, 4.69) is 42.0 Å². The van der Waals surface area contributed by atoms with Crippen LogP contribution in [0.25, 0.3) is 0 Å². The molecule has 0 amide bonds. The van der Waals surface area contributed by atoms with Crippen molar-refractivity contribution in [1.82, 2.24) is 0 Å². The standard InChI is InChI=1S/C10H12N.ClH/c1-2-11-8-7-9-5-3-4-6-10(9)11;/h3-6,8H,2,7H2,1H3;1H/q+1;/p-1. The van der Waals surface area contributed by atoms with E-state index in [4.69, 9.17) is 0 Å². The smallest absolute Gasteiger partial charge is 0.208 e. The molecule has 1 aromatic rings. The summed E-state index contributed by atoms with van der Waals surface area (Å²) in [6, 6.07) is 8.58. The molecule has 1 aliphatic rings. The minimum Gasteiger partial charge on any atom is -1.00 e. The summed E-state index contributed by atoms with van der Waals surface area (Å²) in [5, 5.41) is 0. The predicted octanol–water partition coefficient (Wildman–Crippen LogP) is -1.02. The van der Waals surface area contributed by atoms with Gasteiger partial charge in [-0.05, 0) is 6.92 Å². The van der Waals surface area contributed by atoms with E-state index in [0.717, 1.165) is 13.0 Å². The van der Waals surface area contributed by atoms with Gasteiger partial charge in [0, 0.05) is 11.6 Å². The third-order valence-corrected chi connectivity index (χ3v) is 2.17. The lowest BCUT2D eigenvalue weighted by atomic mass is 10.2. The lowest BCUT2D eigenvalue weighted by molar-refractivity contribution is -0.428. The van der Waals surface area contributed by atoms with Gasteiger partial charge in [-0.25, -0.2) is 4.58 Å². The van der Waals surface area contributed by atoms with E-state index >= 15 is 0 Å². The molecule has 2 heteroatoms. The Morgan fingerprint density at radius 2 is 2.08 bits per heavy atom. The first-order valence-corrected chi connectivity index (χ1v) is 4.09. The Kier molecular flexibility index (Phi) is 2.88. The SMILES string of the molecule is CC[N+]1=CCc2ccccc21.[Cl-]. The molecule has 12 heavy (non-hydrogen) atoms. The monoisotopic (exact) mass is 181 g/mol. The van der Waals surface area contributed by atoms with Gasteiger partial charge in [0.2, 0.25) is 5.69 Å². The molecular formula is C10H12ClN. The normalized spacial score (nSPS) is 13.2. The van der Waals surface area contributed by atoms with Gasteiger partial charge in [0.1, 0.15) is 12.8 Å². The van der Waals surface area contributed by atoms with Crippen molar-refractivity contribution < 1.29 is 17.0 Å². The first-order chi connectivity index (χ1) is 5.42. The van der Waals surface area contributed by atoms with Gasteiger partial charge >= 0.3 is 0 Å². The Balaban J connectivity index is 0.000000720. The maximum Gasteiger partial charge on any atom is 0.208 e. The fourth-order valence-electron chi connectivity index (χ4n) is 1.57. The Morgan fingerprint density at radius 1 is 1.33 bits per heavy atom. The van der Waals surface area contributed by atoms with Gasteiger partial charge in [0.15, 0.2) is 0 Å². The maximum absolute atomic E-state index is 2.30. The van der Waals surface area contributed by atoms with Crippen LogP contribution in [0.2, 0.25) is 0 Å². The van der Waals surface area contributed by atoms with Crippen LogP contribution in [0.5, 0.6) is 0 Å². The van der Waals surface area contributed by atoms with E-state index in [9.17, 15) is 0 Å². The van der Waals surface area contributed by atoms with Gasteiger partial charge in [-0.2, -0.15) is 0 Å². The highest BCUT2D eigenvalue weighted by Gasteiger charge is 2.17. The summed E-state index contributed by atoms with van der Waals surface area (Å²) in [6.45, 7) is 3.26. The highest BCUT2D eigenvalue weighted by molar-refractivity contribution is 5.66. The molecule has 64 valence electrons. The molecule has 1 heterocycles. The zero-order chi connectivity index (χ0) is 7.68. The van der Waals surface area contributed by atoms with Crippen molar-refractivity contribution >= 4 is 11.9 Å². The number of hydrogen-bond donors (Lipinski definition) is 0. The summed E-state index contributed by atoms with van der Waals surface area (Å²) in [7, 11) is 0. The van der Waals surface area contributed by atoms with E-state index in [-0.39, 0.29) is 12.4 Å². The Morgan fingerprint density at radius 3 is 2.83 bits per heavy atom. The van der Waals surface area contributed by atoms with Crippen molar-refractivity contribution in [3.8, 4) is 0 Å². The first-order valence-electron chi connectivity index (χ1n) is 4.09. The number of para-hydroxylation sites is 1. The number of nitrogens with zero attached hydrogens (tertiary/aromatic N) is 1. The molecule has 1 aromatic carbocycles. The van der Waals surface area contributed by atoms with Gasteiger partial charge in [0.05, 0.1) is 6.42 Å². The molecule has 1 aliphatic heterocycles. The molecular weight excluding hydrogens is 170 g/mol. The minimum atomic E-state index is 0. The molecule has 0 N–H and O–H groups in total. The van der Waals surface area contributed by atoms with Crippen LogP contribution in [-0.2, 0) is 6.42 Å². The quantitative estimate of drug-likeness (QED) is 0.488. The second-order valence-electron chi connectivity index (χ2n) is 2.80. The molecule has 0 spiro atoms. The zero-order valence-corrected chi connectivity index (χ0v) is 7.88. The second-order valence-corrected chi connectivity index (χ2v) is 2.80. The number of benzene rings is 1. The summed E-state index contributed by atoms with van der Waals surface area (Å²) in [5.41, 5.74) is 2.84. The number of hydrogen-bond acceptors (Lipinski definition) is 0. The van der Waals surface area contributed by atoms with E-state index in [1.54, 1.807) is 0 Å². The van der Waals surface area contributed by atoms with Gasteiger partial charge in [-0.15, -0.1) is 0 Å². The number of rotatable bonds is 1. The molecule has 0 saturated heterocycles. The highest BCUT2D eigenvalue weighted by atomic mass is 35.5. The average molecular weight is 182 g/mol. The van der Waals surface area contributed by atoms with Crippen LogP contribution in [-0.4, -0.2) is 17.3 Å². The summed E-state index contributed by atoms with van der Waals surface area (Å²) >= 11 is 0. The minimum absolute atomic E-state index is 0. The van der Waals surface area contributed by atoms with Crippen molar-refractivity contribution in [1.29, 1.82) is 0 Å². The van der Waals surface area contributed by atoms with Crippen molar-refractivity contribution in [2.75, 3.05) is 6.54 Å². The predicted molar refractivity (Wildman–Crippen MR) is 46.7 cm³/mol. The number of halogens is 1. The highest BCUT2D eigenvalue weighted by Crippen LogP contribution is 2.22. The zero-order valence-electron chi connectivity index (χ0n) is 7.13. The number of fused-ring (bicyclic) bond motifs is 1. The second kappa shape index (κ2) is 3.72. The van der Waals surface area contributed by atoms with E-state index in [1.165, 1.54) is 11.3 Å². The molecule has 0 unspecified atom stereocenters. The molecule has 0 aliphatic carbocycles. The van der Waals surface area contributed by atoms with E-state index in [0.29, 0.717) is 0 Å². The Hall–Kier alpha value is -0.820. The molecule has 0 atom stereocenters. The molecule has 0 aromatic heterocycles. The fourth-order valence-corrected chi connectivity index (χ4v) is 1.57. The van der Waals surface area contributed by atoms with Gasteiger partial charge < -0.3 is 12.4 Å². The Labute approximate surface area is 79.1 Å². The average Bonchev–Trinajstić information content (AvgIpc) is 2.47. The molecule has 0 saturated carbocycles. The van der Waals surface area contributed by atoms with Crippen molar-refractivity contribution in [2.45, 2.75) is 13.3 Å². The summed E-state index contributed by atoms with van der Waals surface area (Å²) < 4.78 is 2.30. The van der Waals surface area contributed by atoms with Crippen LogP contribution in [0, 0.1) is 0 Å². The summed E-state index contributed by atoms with van der Waals surface area (Å²) in [4.78, 5) is 0. The van der Waals surface area contributed by atoms with Crippen molar-refractivity contribution in [3.05, 3.63) is 29.8 Å². The molecule has 1 nitrogen and oxygen atoms in total. The van der Waals surface area contributed by atoms with Gasteiger partial charge in [-0.3, -0.25) is 0 Å². The Bertz CT molecular complexity index is 304. The summed E-state index contributed by atoms with van der Waals surface area (Å²) in [5.74, 6) is 0. The lowest BCUT2D eigenvalue weighted by Crippen LogP contribution is -3.00. The third kappa shape index (κ3) is 1.37.